The molecule has 2 rings (SSSR count). The Labute approximate surface area is 123 Å². The number of rotatable bonds is 5. The smallest absolute Gasteiger partial charge is 0.185 e. The lowest BCUT2D eigenvalue weighted by Gasteiger charge is -2.22. The molecule has 0 aliphatic rings. The average Bonchev–Trinajstić information content (AvgIpc) is 2.45. The normalized spacial score (nSPS) is 10.5. The van der Waals surface area contributed by atoms with Crippen molar-refractivity contribution in [3.63, 3.8) is 0 Å². The summed E-state index contributed by atoms with van der Waals surface area (Å²) in [5.41, 5.74) is 1.95. The number of nitrogens with zero attached hydrogens (tertiary/aromatic N) is 1. The highest BCUT2D eigenvalue weighted by molar-refractivity contribution is 5.99. The maximum atomic E-state index is 13.6. The molecule has 2 nitrogen and oxygen atoms in total. The van der Waals surface area contributed by atoms with E-state index in [1.54, 1.807) is 0 Å². The van der Waals surface area contributed by atoms with Crippen molar-refractivity contribution in [1.82, 2.24) is 0 Å². The third kappa shape index (κ3) is 3.66. The molecule has 2 aromatic carbocycles. The highest BCUT2D eigenvalue weighted by Crippen LogP contribution is 2.17. The van der Waals surface area contributed by atoms with Crippen molar-refractivity contribution >= 4 is 11.5 Å². The standard InChI is InChI=1S/C17H17F2NO/c1-3-20(14-7-4-12(2)5-8-14)11-17(21)15-9-6-13(18)10-16(15)19/h4-10H,3,11H2,1-2H3. The minimum atomic E-state index is -0.819. The van der Waals surface area contributed by atoms with E-state index in [0.29, 0.717) is 6.54 Å². The van der Waals surface area contributed by atoms with E-state index in [1.165, 1.54) is 6.07 Å². The fourth-order valence-corrected chi connectivity index (χ4v) is 2.12. The minimum Gasteiger partial charge on any atom is -0.364 e. The lowest BCUT2D eigenvalue weighted by Crippen LogP contribution is -2.30. The largest absolute Gasteiger partial charge is 0.364 e. The number of hydrogen-bond acceptors (Lipinski definition) is 2. The molecule has 0 radical (unpaired) electrons. The molecule has 0 aromatic heterocycles. The summed E-state index contributed by atoms with van der Waals surface area (Å²) in [6.45, 7) is 4.59. The van der Waals surface area contributed by atoms with Crippen LogP contribution in [0.1, 0.15) is 22.8 Å². The summed E-state index contributed by atoms with van der Waals surface area (Å²) < 4.78 is 26.5. The van der Waals surface area contributed by atoms with E-state index in [0.717, 1.165) is 23.4 Å². The van der Waals surface area contributed by atoms with E-state index in [2.05, 4.69) is 0 Å². The van der Waals surface area contributed by atoms with Gasteiger partial charge >= 0.3 is 0 Å². The van der Waals surface area contributed by atoms with Crippen LogP contribution in [0, 0.1) is 18.6 Å². The zero-order chi connectivity index (χ0) is 15.4. The summed E-state index contributed by atoms with van der Waals surface area (Å²) in [6.07, 6.45) is 0. The summed E-state index contributed by atoms with van der Waals surface area (Å²) >= 11 is 0. The fourth-order valence-electron chi connectivity index (χ4n) is 2.12. The summed E-state index contributed by atoms with van der Waals surface area (Å²) in [5, 5.41) is 0. The number of aryl methyl sites for hydroxylation is 1. The summed E-state index contributed by atoms with van der Waals surface area (Å²) in [6, 6.07) is 10.8. The number of likely N-dealkylation sites (N-methyl/N-ethyl adjacent to an activating group) is 1. The highest BCUT2D eigenvalue weighted by atomic mass is 19.1. The molecule has 0 saturated heterocycles. The second kappa shape index (κ2) is 6.48. The molecule has 0 spiro atoms. The van der Waals surface area contributed by atoms with Gasteiger partial charge in [0.1, 0.15) is 11.6 Å². The number of anilines is 1. The van der Waals surface area contributed by atoms with Crippen LogP contribution in [-0.2, 0) is 0 Å². The van der Waals surface area contributed by atoms with E-state index in [9.17, 15) is 13.6 Å². The molecule has 0 unspecified atom stereocenters. The van der Waals surface area contributed by atoms with Crippen LogP contribution in [-0.4, -0.2) is 18.9 Å². The van der Waals surface area contributed by atoms with Crippen LogP contribution >= 0.6 is 0 Å². The van der Waals surface area contributed by atoms with Gasteiger partial charge in [0.2, 0.25) is 0 Å². The molecule has 0 amide bonds. The van der Waals surface area contributed by atoms with Crippen LogP contribution in [0.15, 0.2) is 42.5 Å². The zero-order valence-electron chi connectivity index (χ0n) is 12.1. The van der Waals surface area contributed by atoms with E-state index >= 15 is 0 Å². The average molecular weight is 289 g/mol. The van der Waals surface area contributed by atoms with Gasteiger partial charge in [0.15, 0.2) is 5.78 Å². The van der Waals surface area contributed by atoms with Gasteiger partial charge in [-0.3, -0.25) is 4.79 Å². The maximum Gasteiger partial charge on any atom is 0.185 e. The molecular formula is C17H17F2NO. The Hall–Kier alpha value is -2.23. The van der Waals surface area contributed by atoms with Crippen LogP contribution in [0.25, 0.3) is 0 Å². The Kier molecular flexibility index (Phi) is 4.68. The number of halogens is 2. The topological polar surface area (TPSA) is 20.3 Å². The van der Waals surface area contributed by atoms with Crippen molar-refractivity contribution in [1.29, 1.82) is 0 Å². The van der Waals surface area contributed by atoms with E-state index < -0.39 is 11.6 Å². The molecule has 0 atom stereocenters. The van der Waals surface area contributed by atoms with Crippen LogP contribution in [0.2, 0.25) is 0 Å². The van der Waals surface area contributed by atoms with Crippen LogP contribution in [0.4, 0.5) is 14.5 Å². The first-order valence-electron chi connectivity index (χ1n) is 6.81. The predicted molar refractivity (Wildman–Crippen MR) is 79.8 cm³/mol. The molecule has 21 heavy (non-hydrogen) atoms. The Morgan fingerprint density at radius 2 is 1.76 bits per heavy atom. The van der Waals surface area contributed by atoms with Gasteiger partial charge in [-0.1, -0.05) is 17.7 Å². The Morgan fingerprint density at radius 3 is 2.33 bits per heavy atom. The third-order valence-electron chi connectivity index (χ3n) is 3.35. The van der Waals surface area contributed by atoms with Gasteiger partial charge in [-0.2, -0.15) is 0 Å². The number of Topliss-reactive ketones (excluding diaryl/α,β-unsaturated/α-hetero) is 1. The summed E-state index contributed by atoms with van der Waals surface area (Å²) in [5.74, 6) is -1.87. The molecule has 2 aromatic rings. The van der Waals surface area contributed by atoms with E-state index in [-0.39, 0.29) is 17.9 Å². The van der Waals surface area contributed by atoms with Crippen molar-refractivity contribution in [3.05, 3.63) is 65.2 Å². The zero-order valence-corrected chi connectivity index (χ0v) is 12.1. The van der Waals surface area contributed by atoms with Crippen molar-refractivity contribution < 1.29 is 13.6 Å². The first kappa shape index (κ1) is 15.2. The lowest BCUT2D eigenvalue weighted by molar-refractivity contribution is 0.0995. The number of hydrogen-bond donors (Lipinski definition) is 0. The van der Waals surface area contributed by atoms with E-state index in [1.807, 2.05) is 43.0 Å². The lowest BCUT2D eigenvalue weighted by atomic mass is 10.1. The van der Waals surface area contributed by atoms with Gasteiger partial charge in [0.25, 0.3) is 0 Å². The van der Waals surface area contributed by atoms with E-state index in [4.69, 9.17) is 0 Å². The number of carbonyl (C=O) groups excluding carboxylic acids is 1. The van der Waals surface area contributed by atoms with Gasteiger partial charge < -0.3 is 4.90 Å². The van der Waals surface area contributed by atoms with Crippen LogP contribution < -0.4 is 4.90 Å². The molecular weight excluding hydrogens is 272 g/mol. The van der Waals surface area contributed by atoms with Crippen LogP contribution in [0.3, 0.4) is 0 Å². The molecule has 0 saturated carbocycles. The Balaban J connectivity index is 2.18. The van der Waals surface area contributed by atoms with Crippen molar-refractivity contribution in [3.8, 4) is 0 Å². The number of benzene rings is 2. The second-order valence-electron chi connectivity index (χ2n) is 4.90. The Bertz CT molecular complexity index is 638. The minimum absolute atomic E-state index is 0.0577. The van der Waals surface area contributed by atoms with Gasteiger partial charge in [-0.25, -0.2) is 8.78 Å². The second-order valence-corrected chi connectivity index (χ2v) is 4.90. The van der Waals surface area contributed by atoms with Gasteiger partial charge in [0, 0.05) is 18.3 Å². The molecule has 0 aliphatic heterocycles. The van der Waals surface area contributed by atoms with Crippen LogP contribution in [0.5, 0.6) is 0 Å². The molecule has 110 valence electrons. The maximum absolute atomic E-state index is 13.6. The predicted octanol–water partition coefficient (Wildman–Crippen LogP) is 3.98. The highest BCUT2D eigenvalue weighted by Gasteiger charge is 2.16. The van der Waals surface area contributed by atoms with Gasteiger partial charge in [-0.05, 0) is 38.1 Å². The fraction of sp³-hybridized carbons (Fsp3) is 0.235. The number of ketones is 1. The number of carbonyl (C=O) groups is 1. The molecule has 0 N–H and O–H groups in total. The molecule has 0 aliphatic carbocycles. The van der Waals surface area contributed by atoms with Crippen molar-refractivity contribution in [2.75, 3.05) is 18.0 Å². The van der Waals surface area contributed by atoms with Gasteiger partial charge in [-0.15, -0.1) is 0 Å². The summed E-state index contributed by atoms with van der Waals surface area (Å²) in [4.78, 5) is 14.0. The SMILES string of the molecule is CCN(CC(=O)c1ccc(F)cc1F)c1ccc(C)cc1. The first-order valence-corrected chi connectivity index (χ1v) is 6.81. The molecule has 0 bridgehead atoms. The van der Waals surface area contributed by atoms with Gasteiger partial charge in [0.05, 0.1) is 12.1 Å². The summed E-state index contributed by atoms with van der Waals surface area (Å²) in [7, 11) is 0. The molecule has 0 heterocycles. The molecule has 0 fully saturated rings. The first-order chi connectivity index (χ1) is 10.0. The Morgan fingerprint density at radius 1 is 1.10 bits per heavy atom. The third-order valence-corrected chi connectivity index (χ3v) is 3.35. The monoisotopic (exact) mass is 289 g/mol. The van der Waals surface area contributed by atoms with Crippen molar-refractivity contribution in [2.45, 2.75) is 13.8 Å². The molecule has 4 heteroatoms. The quantitative estimate of drug-likeness (QED) is 0.776. The van der Waals surface area contributed by atoms with Crippen molar-refractivity contribution in [2.24, 2.45) is 0 Å².